The summed E-state index contributed by atoms with van der Waals surface area (Å²) in [5.41, 5.74) is 1.71. The van der Waals surface area contributed by atoms with Crippen molar-refractivity contribution in [1.29, 1.82) is 0 Å². The van der Waals surface area contributed by atoms with Crippen LogP contribution in [0.3, 0.4) is 0 Å². The zero-order valence-electron chi connectivity index (χ0n) is 17.0. The van der Waals surface area contributed by atoms with E-state index in [4.69, 9.17) is 18.9 Å². The van der Waals surface area contributed by atoms with Gasteiger partial charge in [0.15, 0.2) is 11.5 Å². The highest BCUT2D eigenvalue weighted by Crippen LogP contribution is 2.38. The molecule has 4 rings (SSSR count). The first-order valence-electron chi connectivity index (χ1n) is 9.40. The molecule has 1 amide bonds. The molecule has 1 saturated heterocycles. The minimum Gasteiger partial charge on any atom is -0.493 e. The van der Waals surface area contributed by atoms with Crippen LogP contribution in [0.1, 0.15) is 5.56 Å². The predicted octanol–water partition coefficient (Wildman–Crippen LogP) is 3.63. The molecular formula is C22H22N2O5S. The van der Waals surface area contributed by atoms with Gasteiger partial charge in [0.05, 0.1) is 44.6 Å². The number of nitrogens with zero attached hydrogens (tertiary/aromatic N) is 2. The molecule has 3 aromatic rings. The summed E-state index contributed by atoms with van der Waals surface area (Å²) in [6.45, 7) is 1.07. The maximum atomic E-state index is 12.5. The van der Waals surface area contributed by atoms with Gasteiger partial charge in [-0.2, -0.15) is 0 Å². The molecule has 0 saturated carbocycles. The first-order valence-corrected chi connectivity index (χ1v) is 10.2. The summed E-state index contributed by atoms with van der Waals surface area (Å²) in [6, 6.07) is 11.5. The molecule has 7 nitrogen and oxygen atoms in total. The number of methoxy groups -OCH3 is 3. The number of amides is 1. The summed E-state index contributed by atoms with van der Waals surface area (Å²) in [7, 11) is 4.67. The molecular weight excluding hydrogens is 404 g/mol. The van der Waals surface area contributed by atoms with E-state index < -0.39 is 0 Å². The van der Waals surface area contributed by atoms with E-state index in [1.165, 1.54) is 17.4 Å². The average molecular weight is 426 g/mol. The number of carbonyl (C=O) groups excluding carboxylic acids is 1. The van der Waals surface area contributed by atoms with Crippen molar-refractivity contribution in [2.75, 3.05) is 34.4 Å². The first-order chi connectivity index (χ1) is 14.6. The smallest absolute Gasteiger partial charge is 0.274 e. The molecule has 0 spiro atoms. The van der Waals surface area contributed by atoms with E-state index >= 15 is 0 Å². The highest BCUT2D eigenvalue weighted by atomic mass is 32.1. The molecule has 0 N–H and O–H groups in total. The lowest BCUT2D eigenvalue weighted by Gasteiger charge is -2.37. The first kappa shape index (κ1) is 20.0. The summed E-state index contributed by atoms with van der Waals surface area (Å²) in [4.78, 5) is 18.7. The number of likely N-dealkylation sites (tertiary alicyclic amines) is 1. The van der Waals surface area contributed by atoms with Crippen LogP contribution in [0.2, 0.25) is 0 Å². The summed E-state index contributed by atoms with van der Waals surface area (Å²) < 4.78 is 23.0. The summed E-state index contributed by atoms with van der Waals surface area (Å²) in [5.74, 6) is 1.52. The number of ether oxygens (including phenoxy) is 4. The number of aromatic nitrogens is 1. The zero-order chi connectivity index (χ0) is 21.1. The molecule has 0 bridgehead atoms. The van der Waals surface area contributed by atoms with Crippen LogP contribution in [0.5, 0.6) is 22.4 Å². The van der Waals surface area contributed by atoms with Crippen LogP contribution < -0.4 is 18.9 Å². The lowest BCUT2D eigenvalue weighted by Crippen LogP contribution is -2.55. The van der Waals surface area contributed by atoms with Crippen molar-refractivity contribution in [2.45, 2.75) is 6.10 Å². The minimum absolute atomic E-state index is 0.0379. The molecule has 0 aliphatic carbocycles. The van der Waals surface area contributed by atoms with Gasteiger partial charge in [0, 0.05) is 6.08 Å². The average Bonchev–Trinajstić information content (AvgIpc) is 3.16. The highest BCUT2D eigenvalue weighted by Gasteiger charge is 2.31. The van der Waals surface area contributed by atoms with E-state index in [1.54, 1.807) is 44.4 Å². The lowest BCUT2D eigenvalue weighted by atomic mass is 10.1. The van der Waals surface area contributed by atoms with Crippen molar-refractivity contribution >= 4 is 33.5 Å². The fourth-order valence-corrected chi connectivity index (χ4v) is 4.09. The fourth-order valence-electron chi connectivity index (χ4n) is 3.21. The van der Waals surface area contributed by atoms with Gasteiger partial charge < -0.3 is 23.8 Å². The second kappa shape index (κ2) is 8.62. The summed E-state index contributed by atoms with van der Waals surface area (Å²) in [5, 5.41) is 0.640. The number of rotatable bonds is 7. The van der Waals surface area contributed by atoms with Crippen LogP contribution in [0.25, 0.3) is 16.3 Å². The maximum absolute atomic E-state index is 12.5. The van der Waals surface area contributed by atoms with Gasteiger partial charge in [-0.25, -0.2) is 4.98 Å². The highest BCUT2D eigenvalue weighted by molar-refractivity contribution is 7.20. The Hall–Kier alpha value is -3.26. The normalized spacial score (nSPS) is 14.0. The Morgan fingerprint density at radius 2 is 1.80 bits per heavy atom. The SMILES string of the molecule is COc1cc(/C=C/C(=O)N2CC(Oc3nc4ccccc4s3)C2)cc(OC)c1OC. The Balaban J connectivity index is 1.35. The molecule has 0 radical (unpaired) electrons. The largest absolute Gasteiger partial charge is 0.493 e. The third kappa shape index (κ3) is 4.04. The second-order valence-electron chi connectivity index (χ2n) is 6.72. The van der Waals surface area contributed by atoms with Crippen LogP contribution in [0, 0.1) is 0 Å². The van der Waals surface area contributed by atoms with Gasteiger partial charge >= 0.3 is 0 Å². The van der Waals surface area contributed by atoms with Gasteiger partial charge in [-0.15, -0.1) is 0 Å². The van der Waals surface area contributed by atoms with Gasteiger partial charge in [-0.05, 0) is 35.9 Å². The van der Waals surface area contributed by atoms with Crippen LogP contribution >= 0.6 is 11.3 Å². The number of fused-ring (bicyclic) bond motifs is 1. The molecule has 2 aromatic carbocycles. The molecule has 1 aliphatic rings. The fraction of sp³-hybridized carbons (Fsp3) is 0.273. The van der Waals surface area contributed by atoms with Gasteiger partial charge in [-0.3, -0.25) is 4.79 Å². The Morgan fingerprint density at radius 3 is 2.43 bits per heavy atom. The molecule has 156 valence electrons. The third-order valence-electron chi connectivity index (χ3n) is 4.81. The molecule has 8 heteroatoms. The molecule has 1 aromatic heterocycles. The van der Waals surface area contributed by atoms with E-state index in [-0.39, 0.29) is 12.0 Å². The van der Waals surface area contributed by atoms with E-state index in [0.717, 1.165) is 15.8 Å². The number of carbonyl (C=O) groups is 1. The van der Waals surface area contributed by atoms with E-state index in [1.807, 2.05) is 24.3 Å². The van der Waals surface area contributed by atoms with Gasteiger partial charge in [-0.1, -0.05) is 23.5 Å². The maximum Gasteiger partial charge on any atom is 0.274 e. The number of para-hydroxylation sites is 1. The minimum atomic E-state index is -0.0760. The Kier molecular flexibility index (Phi) is 5.76. The van der Waals surface area contributed by atoms with Crippen LogP contribution in [-0.2, 0) is 4.79 Å². The van der Waals surface area contributed by atoms with Gasteiger partial charge in [0.1, 0.15) is 6.10 Å². The topological polar surface area (TPSA) is 70.1 Å². The summed E-state index contributed by atoms with van der Waals surface area (Å²) >= 11 is 1.52. The monoisotopic (exact) mass is 426 g/mol. The lowest BCUT2D eigenvalue weighted by molar-refractivity contribution is -0.134. The second-order valence-corrected chi connectivity index (χ2v) is 7.72. The van der Waals surface area contributed by atoms with Crippen molar-refractivity contribution in [3.8, 4) is 22.4 Å². The Morgan fingerprint density at radius 1 is 1.10 bits per heavy atom. The van der Waals surface area contributed by atoms with E-state index in [9.17, 15) is 4.79 Å². The van der Waals surface area contributed by atoms with Crippen molar-refractivity contribution < 1.29 is 23.7 Å². The third-order valence-corrected chi connectivity index (χ3v) is 5.73. The van der Waals surface area contributed by atoms with Gasteiger partial charge in [0.25, 0.3) is 5.19 Å². The Labute approximate surface area is 178 Å². The van der Waals surface area contributed by atoms with Crippen LogP contribution in [0.15, 0.2) is 42.5 Å². The molecule has 1 aliphatic heterocycles. The number of hydrogen-bond acceptors (Lipinski definition) is 7. The number of benzene rings is 2. The van der Waals surface area contributed by atoms with Crippen LogP contribution in [0.4, 0.5) is 0 Å². The summed E-state index contributed by atoms with van der Waals surface area (Å²) in [6.07, 6.45) is 3.23. The van der Waals surface area contributed by atoms with Gasteiger partial charge in [0.2, 0.25) is 11.7 Å². The van der Waals surface area contributed by atoms with Crippen LogP contribution in [-0.4, -0.2) is 56.3 Å². The quantitative estimate of drug-likeness (QED) is 0.538. The zero-order valence-corrected chi connectivity index (χ0v) is 17.8. The van der Waals surface area contributed by atoms with Crippen molar-refractivity contribution in [2.24, 2.45) is 0 Å². The van der Waals surface area contributed by atoms with Crippen molar-refractivity contribution in [3.63, 3.8) is 0 Å². The predicted molar refractivity (Wildman–Crippen MR) is 116 cm³/mol. The van der Waals surface area contributed by atoms with E-state index in [2.05, 4.69) is 4.98 Å². The molecule has 30 heavy (non-hydrogen) atoms. The molecule has 2 heterocycles. The molecule has 0 unspecified atom stereocenters. The molecule has 1 fully saturated rings. The number of thiazole rings is 1. The Bertz CT molecular complexity index is 1030. The van der Waals surface area contributed by atoms with Crippen molar-refractivity contribution in [1.82, 2.24) is 9.88 Å². The number of hydrogen-bond donors (Lipinski definition) is 0. The van der Waals surface area contributed by atoms with Crippen molar-refractivity contribution in [3.05, 3.63) is 48.0 Å². The standard InChI is InChI=1S/C22H22N2O5S/c1-26-17-10-14(11-18(27-2)21(17)28-3)8-9-20(25)24-12-15(13-24)29-22-23-16-6-4-5-7-19(16)30-22/h4-11,15H,12-13H2,1-3H3/b9-8+. The van der Waals surface area contributed by atoms with E-state index in [0.29, 0.717) is 35.5 Å². The molecule has 0 atom stereocenters.